The maximum absolute atomic E-state index is 6.31. The standard InChI is InChI=1S/C19H20N6O/c1-24-18-15(11-23-24)19(22-12-21-18)25-9-6-13(7-10-25)26-17-4-2-3-16-14(17)5-8-20-16/h2-5,8,11-13,20H,6-7,9-10H2,1H3. The lowest BCUT2D eigenvalue weighted by Gasteiger charge is -2.33. The topological polar surface area (TPSA) is 71.9 Å². The molecule has 1 fully saturated rings. The van der Waals surface area contributed by atoms with Crippen molar-refractivity contribution >= 4 is 27.8 Å². The van der Waals surface area contributed by atoms with E-state index in [-0.39, 0.29) is 6.10 Å². The highest BCUT2D eigenvalue weighted by Crippen LogP contribution is 2.29. The van der Waals surface area contributed by atoms with Crippen molar-refractivity contribution in [2.75, 3.05) is 18.0 Å². The van der Waals surface area contributed by atoms with Crippen LogP contribution >= 0.6 is 0 Å². The number of ether oxygens (including phenoxy) is 1. The van der Waals surface area contributed by atoms with Gasteiger partial charge in [-0.25, -0.2) is 9.97 Å². The van der Waals surface area contributed by atoms with Gasteiger partial charge < -0.3 is 14.6 Å². The summed E-state index contributed by atoms with van der Waals surface area (Å²) < 4.78 is 8.09. The van der Waals surface area contributed by atoms with Gasteiger partial charge in [-0.1, -0.05) is 6.07 Å². The number of hydrogen-bond acceptors (Lipinski definition) is 5. The molecule has 1 N–H and O–H groups in total. The molecule has 132 valence electrons. The van der Waals surface area contributed by atoms with Gasteiger partial charge in [0.05, 0.1) is 11.6 Å². The van der Waals surface area contributed by atoms with Gasteiger partial charge in [0.2, 0.25) is 0 Å². The second kappa shape index (κ2) is 6.01. The fourth-order valence-electron chi connectivity index (χ4n) is 3.73. The van der Waals surface area contributed by atoms with Crippen molar-refractivity contribution < 1.29 is 4.74 Å². The van der Waals surface area contributed by atoms with Crippen molar-refractivity contribution in [2.45, 2.75) is 18.9 Å². The summed E-state index contributed by atoms with van der Waals surface area (Å²) in [5.41, 5.74) is 1.98. The van der Waals surface area contributed by atoms with E-state index in [0.717, 1.165) is 59.4 Å². The maximum Gasteiger partial charge on any atom is 0.163 e. The number of aromatic amines is 1. The molecule has 0 unspecified atom stereocenters. The van der Waals surface area contributed by atoms with E-state index in [1.165, 1.54) is 0 Å². The molecule has 0 atom stereocenters. The van der Waals surface area contributed by atoms with Gasteiger partial charge in [-0.15, -0.1) is 0 Å². The van der Waals surface area contributed by atoms with Crippen LogP contribution in [0.4, 0.5) is 5.82 Å². The number of nitrogens with zero attached hydrogens (tertiary/aromatic N) is 5. The van der Waals surface area contributed by atoms with Crippen molar-refractivity contribution in [1.29, 1.82) is 0 Å². The summed E-state index contributed by atoms with van der Waals surface area (Å²) in [4.78, 5) is 14.4. The number of rotatable bonds is 3. The minimum absolute atomic E-state index is 0.220. The number of H-pyrrole nitrogens is 1. The first-order valence-electron chi connectivity index (χ1n) is 8.90. The third-order valence-corrected chi connectivity index (χ3v) is 5.10. The van der Waals surface area contributed by atoms with E-state index < -0.39 is 0 Å². The molecule has 26 heavy (non-hydrogen) atoms. The Labute approximate surface area is 150 Å². The predicted octanol–water partition coefficient (Wildman–Crippen LogP) is 2.89. The van der Waals surface area contributed by atoms with Gasteiger partial charge in [-0.2, -0.15) is 5.10 Å². The minimum Gasteiger partial charge on any atom is -0.490 e. The highest BCUT2D eigenvalue weighted by Gasteiger charge is 2.24. The Balaban J connectivity index is 1.32. The van der Waals surface area contributed by atoms with Crippen LogP contribution in [-0.2, 0) is 7.05 Å². The summed E-state index contributed by atoms with van der Waals surface area (Å²) in [6.07, 6.45) is 7.57. The third-order valence-electron chi connectivity index (χ3n) is 5.10. The average molecular weight is 348 g/mol. The second-order valence-corrected chi connectivity index (χ2v) is 6.70. The van der Waals surface area contributed by atoms with Gasteiger partial charge in [-0.3, -0.25) is 4.68 Å². The first-order chi connectivity index (χ1) is 12.8. The quantitative estimate of drug-likeness (QED) is 0.616. The van der Waals surface area contributed by atoms with E-state index >= 15 is 0 Å². The SMILES string of the molecule is Cn1ncc2c(N3CCC(Oc4cccc5[nH]ccc45)CC3)ncnc21. The summed E-state index contributed by atoms with van der Waals surface area (Å²) >= 11 is 0. The number of benzene rings is 1. The van der Waals surface area contributed by atoms with Gasteiger partial charge in [0, 0.05) is 50.1 Å². The van der Waals surface area contributed by atoms with E-state index in [4.69, 9.17) is 4.74 Å². The molecule has 1 saturated heterocycles. The van der Waals surface area contributed by atoms with E-state index in [9.17, 15) is 0 Å². The molecule has 0 saturated carbocycles. The summed E-state index contributed by atoms with van der Waals surface area (Å²) in [6.45, 7) is 1.82. The average Bonchev–Trinajstić information content (AvgIpc) is 3.30. The van der Waals surface area contributed by atoms with Gasteiger partial charge in [0.25, 0.3) is 0 Å². The molecule has 4 aromatic rings. The minimum atomic E-state index is 0.220. The van der Waals surface area contributed by atoms with Crippen molar-refractivity contribution in [2.24, 2.45) is 7.05 Å². The molecule has 4 heterocycles. The van der Waals surface area contributed by atoms with Crippen LogP contribution in [0.5, 0.6) is 5.75 Å². The van der Waals surface area contributed by atoms with Crippen LogP contribution in [0.1, 0.15) is 12.8 Å². The lowest BCUT2D eigenvalue weighted by Crippen LogP contribution is -2.38. The largest absolute Gasteiger partial charge is 0.490 e. The summed E-state index contributed by atoms with van der Waals surface area (Å²) in [7, 11) is 1.90. The predicted molar refractivity (Wildman–Crippen MR) is 100 cm³/mol. The third kappa shape index (κ3) is 2.47. The summed E-state index contributed by atoms with van der Waals surface area (Å²) in [5.74, 6) is 1.92. The van der Waals surface area contributed by atoms with Crippen molar-refractivity contribution in [3.8, 4) is 5.75 Å². The Kier molecular flexibility index (Phi) is 3.51. The Bertz CT molecular complexity index is 1060. The molecule has 0 amide bonds. The molecule has 7 heteroatoms. The molecular weight excluding hydrogens is 328 g/mol. The van der Waals surface area contributed by atoms with Crippen LogP contribution < -0.4 is 9.64 Å². The number of aromatic nitrogens is 5. The Hall–Kier alpha value is -3.09. The molecule has 5 rings (SSSR count). The summed E-state index contributed by atoms with van der Waals surface area (Å²) in [5, 5.41) is 6.45. The number of anilines is 1. The van der Waals surface area contributed by atoms with Crippen molar-refractivity contribution in [3.63, 3.8) is 0 Å². The van der Waals surface area contributed by atoms with Gasteiger partial charge >= 0.3 is 0 Å². The number of hydrogen-bond donors (Lipinski definition) is 1. The zero-order valence-corrected chi connectivity index (χ0v) is 14.6. The molecule has 1 aliphatic heterocycles. The monoisotopic (exact) mass is 348 g/mol. The molecule has 3 aromatic heterocycles. The Morgan fingerprint density at radius 2 is 2.00 bits per heavy atom. The van der Waals surface area contributed by atoms with E-state index in [2.05, 4.69) is 37.1 Å². The Morgan fingerprint density at radius 1 is 1.12 bits per heavy atom. The van der Waals surface area contributed by atoms with Crippen molar-refractivity contribution in [1.82, 2.24) is 24.7 Å². The van der Waals surface area contributed by atoms with Gasteiger partial charge in [0.15, 0.2) is 5.65 Å². The lowest BCUT2D eigenvalue weighted by molar-refractivity contribution is 0.173. The maximum atomic E-state index is 6.31. The fraction of sp³-hybridized carbons (Fsp3) is 0.316. The first-order valence-corrected chi connectivity index (χ1v) is 8.90. The molecule has 0 bridgehead atoms. The van der Waals surface area contributed by atoms with E-state index in [0.29, 0.717) is 0 Å². The van der Waals surface area contributed by atoms with Crippen LogP contribution in [0, 0.1) is 0 Å². The molecular formula is C19H20N6O. The highest BCUT2D eigenvalue weighted by molar-refractivity contribution is 5.87. The Morgan fingerprint density at radius 3 is 2.88 bits per heavy atom. The zero-order valence-electron chi connectivity index (χ0n) is 14.6. The molecule has 1 aromatic carbocycles. The van der Waals surface area contributed by atoms with Gasteiger partial charge in [0.1, 0.15) is 24.0 Å². The molecule has 0 spiro atoms. The first kappa shape index (κ1) is 15.2. The zero-order chi connectivity index (χ0) is 17.5. The molecule has 0 aliphatic carbocycles. The highest BCUT2D eigenvalue weighted by atomic mass is 16.5. The number of piperidine rings is 1. The lowest BCUT2D eigenvalue weighted by atomic mass is 10.1. The van der Waals surface area contributed by atoms with Gasteiger partial charge in [-0.05, 0) is 18.2 Å². The smallest absolute Gasteiger partial charge is 0.163 e. The van der Waals surface area contributed by atoms with Crippen LogP contribution in [0.2, 0.25) is 0 Å². The summed E-state index contributed by atoms with van der Waals surface area (Å²) in [6, 6.07) is 8.22. The van der Waals surface area contributed by atoms with Crippen molar-refractivity contribution in [3.05, 3.63) is 43.0 Å². The van der Waals surface area contributed by atoms with Crippen LogP contribution in [0.25, 0.3) is 21.9 Å². The number of aryl methyl sites for hydroxylation is 1. The number of nitrogens with one attached hydrogen (secondary N) is 1. The van der Waals surface area contributed by atoms with Crippen LogP contribution in [0.15, 0.2) is 43.0 Å². The van der Waals surface area contributed by atoms with E-state index in [1.807, 2.05) is 31.6 Å². The van der Waals surface area contributed by atoms with Crippen LogP contribution in [0.3, 0.4) is 0 Å². The molecule has 0 radical (unpaired) electrons. The van der Waals surface area contributed by atoms with E-state index in [1.54, 1.807) is 11.0 Å². The molecule has 7 nitrogen and oxygen atoms in total. The van der Waals surface area contributed by atoms with Crippen LogP contribution in [-0.4, -0.2) is 43.9 Å². The fourth-order valence-corrected chi connectivity index (χ4v) is 3.73. The number of fused-ring (bicyclic) bond motifs is 2. The second-order valence-electron chi connectivity index (χ2n) is 6.70. The normalized spacial score (nSPS) is 15.8. The molecule has 1 aliphatic rings.